The Kier molecular flexibility index (Phi) is 4.49. The lowest BCUT2D eigenvalue weighted by Gasteiger charge is -2.18. The van der Waals surface area contributed by atoms with Crippen LogP contribution in [0.25, 0.3) is 0 Å². The van der Waals surface area contributed by atoms with Crippen molar-refractivity contribution < 1.29 is 9.90 Å². The van der Waals surface area contributed by atoms with Gasteiger partial charge in [0.2, 0.25) is 0 Å². The zero-order chi connectivity index (χ0) is 14.7. The maximum absolute atomic E-state index is 12.1. The molecule has 0 radical (unpaired) electrons. The van der Waals surface area contributed by atoms with Gasteiger partial charge in [0.15, 0.2) is 0 Å². The highest BCUT2D eigenvalue weighted by molar-refractivity contribution is 6.00. The molecule has 0 aliphatic heterocycles. The number of hydrogen-bond donors (Lipinski definition) is 3. The van der Waals surface area contributed by atoms with Crippen LogP contribution in [0.5, 0.6) is 0 Å². The average Bonchev–Trinajstić information content (AvgIpc) is 2.81. The van der Waals surface area contributed by atoms with Crippen molar-refractivity contribution in [2.24, 2.45) is 5.92 Å². The number of rotatable bonds is 4. The van der Waals surface area contributed by atoms with Crippen LogP contribution in [-0.2, 0) is 0 Å². The van der Waals surface area contributed by atoms with Crippen LogP contribution in [0.1, 0.15) is 29.6 Å². The van der Waals surface area contributed by atoms with Gasteiger partial charge in [-0.25, -0.2) is 0 Å². The number of hydrogen-bond acceptors (Lipinski definition) is 4. The third-order valence-corrected chi connectivity index (χ3v) is 3.77. The molecule has 1 saturated carbocycles. The van der Waals surface area contributed by atoms with Gasteiger partial charge >= 0.3 is 0 Å². The summed E-state index contributed by atoms with van der Waals surface area (Å²) in [6.07, 6.45) is 2.54. The second-order valence-electron chi connectivity index (χ2n) is 5.72. The molecular formula is C15H23N3O2. The zero-order valence-electron chi connectivity index (χ0n) is 12.1. The summed E-state index contributed by atoms with van der Waals surface area (Å²) < 4.78 is 0. The maximum atomic E-state index is 12.1. The molecule has 0 bridgehead atoms. The Morgan fingerprint density at radius 3 is 2.80 bits per heavy atom. The van der Waals surface area contributed by atoms with E-state index in [4.69, 9.17) is 5.73 Å². The van der Waals surface area contributed by atoms with Crippen molar-refractivity contribution in [1.82, 2.24) is 4.90 Å². The minimum absolute atomic E-state index is 0.0426. The van der Waals surface area contributed by atoms with E-state index in [1.54, 1.807) is 37.2 Å². The summed E-state index contributed by atoms with van der Waals surface area (Å²) in [4.78, 5) is 13.7. The van der Waals surface area contributed by atoms with E-state index < -0.39 is 0 Å². The Hall–Kier alpha value is -1.75. The van der Waals surface area contributed by atoms with E-state index in [0.29, 0.717) is 17.2 Å². The summed E-state index contributed by atoms with van der Waals surface area (Å²) >= 11 is 0. The van der Waals surface area contributed by atoms with E-state index in [1.807, 2.05) is 0 Å². The highest BCUT2D eigenvalue weighted by atomic mass is 16.3. The molecule has 1 amide bonds. The van der Waals surface area contributed by atoms with Gasteiger partial charge in [-0.15, -0.1) is 0 Å². The highest BCUT2D eigenvalue weighted by Crippen LogP contribution is 2.27. The first-order chi connectivity index (χ1) is 9.47. The normalized spacial score (nSPS) is 21.8. The highest BCUT2D eigenvalue weighted by Gasteiger charge is 2.23. The Bertz CT molecular complexity index is 488. The minimum atomic E-state index is -0.175. The second kappa shape index (κ2) is 6.13. The van der Waals surface area contributed by atoms with E-state index in [2.05, 4.69) is 5.32 Å². The third kappa shape index (κ3) is 3.42. The number of aliphatic hydroxyl groups excluding tert-OH is 1. The van der Waals surface area contributed by atoms with Crippen molar-refractivity contribution in [3.63, 3.8) is 0 Å². The molecule has 5 nitrogen and oxygen atoms in total. The summed E-state index contributed by atoms with van der Waals surface area (Å²) in [5.74, 6) is 0.410. The Labute approximate surface area is 119 Å². The van der Waals surface area contributed by atoms with E-state index in [-0.39, 0.29) is 12.0 Å². The lowest BCUT2D eigenvalue weighted by molar-refractivity contribution is 0.0828. The molecule has 2 atom stereocenters. The molecule has 1 aliphatic rings. The smallest absolute Gasteiger partial charge is 0.255 e. The molecular weight excluding hydrogens is 254 g/mol. The van der Waals surface area contributed by atoms with Gasteiger partial charge in [-0.2, -0.15) is 0 Å². The van der Waals surface area contributed by atoms with E-state index in [0.717, 1.165) is 31.5 Å². The van der Waals surface area contributed by atoms with Crippen molar-refractivity contribution in [2.45, 2.75) is 25.4 Å². The van der Waals surface area contributed by atoms with Crippen LogP contribution in [0, 0.1) is 5.92 Å². The Morgan fingerprint density at radius 2 is 2.20 bits per heavy atom. The lowest BCUT2D eigenvalue weighted by Crippen LogP contribution is -2.24. The molecule has 0 heterocycles. The SMILES string of the molecule is CN(C)C(=O)c1ccc(N)cc1NCC1CCC(O)C1. The van der Waals surface area contributed by atoms with Gasteiger partial charge in [-0.05, 0) is 43.4 Å². The molecule has 1 aromatic carbocycles. The van der Waals surface area contributed by atoms with Crippen LogP contribution >= 0.6 is 0 Å². The van der Waals surface area contributed by atoms with Gasteiger partial charge in [0, 0.05) is 32.0 Å². The predicted molar refractivity (Wildman–Crippen MR) is 80.7 cm³/mol. The van der Waals surface area contributed by atoms with Crippen LogP contribution in [0.4, 0.5) is 11.4 Å². The van der Waals surface area contributed by atoms with Crippen LogP contribution < -0.4 is 11.1 Å². The van der Waals surface area contributed by atoms with E-state index >= 15 is 0 Å². The Balaban J connectivity index is 2.09. The number of nitrogens with zero attached hydrogens (tertiary/aromatic N) is 1. The number of carbonyl (C=O) groups is 1. The topological polar surface area (TPSA) is 78.6 Å². The first kappa shape index (κ1) is 14.7. The van der Waals surface area contributed by atoms with E-state index in [1.165, 1.54) is 0 Å². The molecule has 0 spiro atoms. The maximum Gasteiger partial charge on any atom is 0.255 e. The third-order valence-electron chi connectivity index (χ3n) is 3.77. The molecule has 1 aromatic rings. The van der Waals surface area contributed by atoms with Crippen LogP contribution in [0.15, 0.2) is 18.2 Å². The molecule has 2 unspecified atom stereocenters. The Morgan fingerprint density at radius 1 is 1.45 bits per heavy atom. The van der Waals surface area contributed by atoms with Crippen molar-refractivity contribution >= 4 is 17.3 Å². The van der Waals surface area contributed by atoms with Gasteiger partial charge in [0.05, 0.1) is 11.7 Å². The summed E-state index contributed by atoms with van der Waals surface area (Å²) in [7, 11) is 3.46. The molecule has 1 fully saturated rings. The summed E-state index contributed by atoms with van der Waals surface area (Å²) in [6.45, 7) is 0.758. The molecule has 4 N–H and O–H groups in total. The monoisotopic (exact) mass is 277 g/mol. The molecule has 5 heteroatoms. The molecule has 0 saturated heterocycles. The number of anilines is 2. The average molecular weight is 277 g/mol. The fourth-order valence-electron chi connectivity index (χ4n) is 2.62. The summed E-state index contributed by atoms with van der Waals surface area (Å²) in [5, 5.41) is 12.9. The fourth-order valence-corrected chi connectivity index (χ4v) is 2.62. The standard InChI is InChI=1S/C15H23N3O2/c1-18(2)15(20)13-6-4-11(16)8-14(13)17-9-10-3-5-12(19)7-10/h4,6,8,10,12,17,19H,3,5,7,9,16H2,1-2H3. The largest absolute Gasteiger partial charge is 0.399 e. The number of nitrogen functional groups attached to an aromatic ring is 1. The number of nitrogens with one attached hydrogen (secondary N) is 1. The van der Waals surface area contributed by atoms with Gasteiger partial charge in [0.1, 0.15) is 0 Å². The molecule has 2 rings (SSSR count). The summed E-state index contributed by atoms with van der Waals surface area (Å²) in [6, 6.07) is 5.28. The van der Waals surface area contributed by atoms with E-state index in [9.17, 15) is 9.90 Å². The number of carbonyl (C=O) groups excluding carboxylic acids is 1. The predicted octanol–water partition coefficient (Wildman–Crippen LogP) is 1.54. The quantitative estimate of drug-likeness (QED) is 0.730. The molecule has 0 aromatic heterocycles. The molecule has 1 aliphatic carbocycles. The second-order valence-corrected chi connectivity index (χ2v) is 5.72. The van der Waals surface area contributed by atoms with Crippen LogP contribution in [0.2, 0.25) is 0 Å². The zero-order valence-corrected chi connectivity index (χ0v) is 12.1. The van der Waals surface area contributed by atoms with Crippen molar-refractivity contribution in [3.05, 3.63) is 23.8 Å². The van der Waals surface area contributed by atoms with Crippen LogP contribution in [-0.4, -0.2) is 42.7 Å². The lowest BCUT2D eigenvalue weighted by atomic mass is 10.1. The van der Waals surface area contributed by atoms with Crippen LogP contribution in [0.3, 0.4) is 0 Å². The van der Waals surface area contributed by atoms with Gasteiger partial charge < -0.3 is 21.1 Å². The van der Waals surface area contributed by atoms with Crippen molar-refractivity contribution in [2.75, 3.05) is 31.7 Å². The summed E-state index contributed by atoms with van der Waals surface area (Å²) in [5.41, 5.74) is 7.83. The first-order valence-electron chi connectivity index (χ1n) is 7.00. The number of nitrogens with two attached hydrogens (primary N) is 1. The minimum Gasteiger partial charge on any atom is -0.399 e. The van der Waals surface area contributed by atoms with Gasteiger partial charge in [-0.1, -0.05) is 0 Å². The molecule has 20 heavy (non-hydrogen) atoms. The fraction of sp³-hybridized carbons (Fsp3) is 0.533. The first-order valence-corrected chi connectivity index (χ1v) is 7.00. The number of amides is 1. The van der Waals surface area contributed by atoms with Gasteiger partial charge in [-0.3, -0.25) is 4.79 Å². The van der Waals surface area contributed by atoms with Crippen molar-refractivity contribution in [1.29, 1.82) is 0 Å². The van der Waals surface area contributed by atoms with Crippen molar-refractivity contribution in [3.8, 4) is 0 Å². The van der Waals surface area contributed by atoms with Gasteiger partial charge in [0.25, 0.3) is 5.91 Å². The number of aliphatic hydroxyl groups is 1. The molecule has 110 valence electrons. The number of benzene rings is 1.